The number of H-pyrrole nitrogens is 1. The van der Waals surface area contributed by atoms with E-state index < -0.39 is 47.3 Å². The van der Waals surface area contributed by atoms with Crippen LogP contribution in [0, 0.1) is 0 Å². The number of hydrogen-bond acceptors (Lipinski definition) is 8. The highest BCUT2D eigenvalue weighted by Gasteiger charge is 2.41. The molecular weight excluding hydrogens is 576 g/mol. The molecule has 0 unspecified atom stereocenters. The SMILES string of the molecule is CC(C)(C)OC(=O)N(C(=O)OC(C)(C)C)[C@@H](CCCCN)C(=O)N[C@@H](Cc1c[nH]c2ccccc12)C(=O)OCc1ccccc1. The largest absolute Gasteiger partial charge is 0.459 e. The van der Waals surface area contributed by atoms with Gasteiger partial charge >= 0.3 is 18.2 Å². The first-order valence-corrected chi connectivity index (χ1v) is 15.2. The van der Waals surface area contributed by atoms with Crippen LogP contribution in [0.25, 0.3) is 10.9 Å². The van der Waals surface area contributed by atoms with Crippen molar-refractivity contribution in [2.24, 2.45) is 5.73 Å². The van der Waals surface area contributed by atoms with Crippen molar-refractivity contribution in [3.05, 3.63) is 71.9 Å². The van der Waals surface area contributed by atoms with Crippen molar-refractivity contribution in [2.45, 2.75) is 97.1 Å². The first-order chi connectivity index (χ1) is 21.2. The molecule has 1 aromatic heterocycles. The summed E-state index contributed by atoms with van der Waals surface area (Å²) >= 11 is 0. The van der Waals surface area contributed by atoms with Gasteiger partial charge in [-0.3, -0.25) is 4.79 Å². The summed E-state index contributed by atoms with van der Waals surface area (Å²) < 4.78 is 16.7. The van der Waals surface area contributed by atoms with Crippen LogP contribution >= 0.6 is 0 Å². The summed E-state index contributed by atoms with van der Waals surface area (Å²) in [6, 6.07) is 14.3. The molecule has 0 aliphatic carbocycles. The lowest BCUT2D eigenvalue weighted by Crippen LogP contribution is -2.57. The highest BCUT2D eigenvalue weighted by molar-refractivity contribution is 5.97. The number of nitrogens with zero attached hydrogens (tertiary/aromatic N) is 1. The molecule has 0 radical (unpaired) electrons. The van der Waals surface area contributed by atoms with Crippen LogP contribution in [0.3, 0.4) is 0 Å². The first-order valence-electron chi connectivity index (χ1n) is 15.2. The Morgan fingerprint density at radius 1 is 0.867 bits per heavy atom. The Bertz CT molecular complexity index is 1410. The molecule has 3 amide bonds. The zero-order chi connectivity index (χ0) is 33.2. The number of nitrogens with one attached hydrogen (secondary N) is 2. The van der Waals surface area contributed by atoms with Gasteiger partial charge in [0.15, 0.2) is 0 Å². The number of fused-ring (bicyclic) bond motifs is 1. The number of nitrogens with two attached hydrogens (primary N) is 1. The number of unbranched alkanes of at least 4 members (excludes halogenated alkanes) is 1. The average Bonchev–Trinajstić information content (AvgIpc) is 3.36. The van der Waals surface area contributed by atoms with E-state index in [-0.39, 0.29) is 19.4 Å². The molecule has 0 saturated heterocycles. The quantitative estimate of drug-likeness (QED) is 0.134. The van der Waals surface area contributed by atoms with Gasteiger partial charge in [0.25, 0.3) is 0 Å². The maximum Gasteiger partial charge on any atom is 0.420 e. The van der Waals surface area contributed by atoms with E-state index in [1.807, 2.05) is 54.6 Å². The number of imide groups is 1. The van der Waals surface area contributed by atoms with E-state index in [1.54, 1.807) is 47.7 Å². The summed E-state index contributed by atoms with van der Waals surface area (Å²) in [6.07, 6.45) is 0.827. The molecule has 45 heavy (non-hydrogen) atoms. The van der Waals surface area contributed by atoms with Crippen LogP contribution in [0.1, 0.15) is 71.9 Å². The molecule has 0 fully saturated rings. The standard InChI is InChI=1S/C34H46N4O7/c1-33(2,3)44-31(41)38(32(42)45-34(4,5)6)28(18-12-13-19-35)29(39)37-27(30(40)43-22-23-14-8-7-9-15-23)20-24-21-36-26-17-11-10-16-25(24)26/h7-11,14-17,21,27-28,36H,12-13,18-20,22,35H2,1-6H3,(H,37,39)/t27-,28-/m0/s1. The van der Waals surface area contributed by atoms with Crippen LogP contribution in [-0.2, 0) is 36.8 Å². The number of amides is 3. The fourth-order valence-corrected chi connectivity index (χ4v) is 4.62. The fourth-order valence-electron chi connectivity index (χ4n) is 4.62. The van der Waals surface area contributed by atoms with Gasteiger partial charge < -0.3 is 30.2 Å². The molecule has 244 valence electrons. The first kappa shape index (κ1) is 35.1. The molecule has 0 aliphatic rings. The molecule has 1 heterocycles. The average molecular weight is 623 g/mol. The van der Waals surface area contributed by atoms with Crippen LogP contribution in [0.4, 0.5) is 9.59 Å². The lowest BCUT2D eigenvalue weighted by molar-refractivity contribution is -0.149. The lowest BCUT2D eigenvalue weighted by Gasteiger charge is -2.33. The molecule has 4 N–H and O–H groups in total. The molecule has 0 bridgehead atoms. The Kier molecular flexibility index (Phi) is 12.1. The number of aromatic amines is 1. The van der Waals surface area contributed by atoms with Crippen LogP contribution in [0.15, 0.2) is 60.8 Å². The highest BCUT2D eigenvalue weighted by atomic mass is 16.6. The van der Waals surface area contributed by atoms with Crippen LogP contribution < -0.4 is 11.1 Å². The van der Waals surface area contributed by atoms with Gasteiger partial charge in [-0.15, -0.1) is 0 Å². The van der Waals surface area contributed by atoms with Gasteiger partial charge in [-0.05, 0) is 84.5 Å². The van der Waals surface area contributed by atoms with Crippen molar-refractivity contribution < 1.29 is 33.4 Å². The van der Waals surface area contributed by atoms with Crippen molar-refractivity contribution in [1.82, 2.24) is 15.2 Å². The minimum Gasteiger partial charge on any atom is -0.459 e. The van der Waals surface area contributed by atoms with Gasteiger partial charge in [-0.1, -0.05) is 48.5 Å². The molecule has 0 spiro atoms. The van der Waals surface area contributed by atoms with Crippen molar-refractivity contribution in [1.29, 1.82) is 0 Å². The molecule has 2 aromatic carbocycles. The summed E-state index contributed by atoms with van der Waals surface area (Å²) in [6.45, 7) is 10.3. The number of ether oxygens (including phenoxy) is 3. The van der Waals surface area contributed by atoms with Gasteiger partial charge in [0.05, 0.1) is 0 Å². The number of hydrogen-bond donors (Lipinski definition) is 3. The number of rotatable bonds is 12. The zero-order valence-electron chi connectivity index (χ0n) is 27.1. The van der Waals surface area contributed by atoms with E-state index in [2.05, 4.69) is 10.3 Å². The summed E-state index contributed by atoms with van der Waals surface area (Å²) in [7, 11) is 0. The summed E-state index contributed by atoms with van der Waals surface area (Å²) in [5, 5.41) is 3.67. The number of aromatic nitrogens is 1. The fraction of sp³-hybridized carbons (Fsp3) is 0.471. The highest BCUT2D eigenvalue weighted by Crippen LogP contribution is 2.22. The van der Waals surface area contributed by atoms with Gasteiger partial charge in [0, 0.05) is 23.5 Å². The van der Waals surface area contributed by atoms with E-state index in [9.17, 15) is 19.2 Å². The Hall–Kier alpha value is -4.38. The predicted molar refractivity (Wildman–Crippen MR) is 171 cm³/mol. The number of carbonyl (C=O) groups is 4. The van der Waals surface area contributed by atoms with Gasteiger partial charge in [0.1, 0.15) is 29.9 Å². The van der Waals surface area contributed by atoms with E-state index in [0.717, 1.165) is 22.0 Å². The van der Waals surface area contributed by atoms with Crippen molar-refractivity contribution >= 4 is 35.0 Å². The maximum atomic E-state index is 14.1. The van der Waals surface area contributed by atoms with Crippen molar-refractivity contribution in [3.63, 3.8) is 0 Å². The summed E-state index contributed by atoms with van der Waals surface area (Å²) in [4.78, 5) is 58.4. The second-order valence-electron chi connectivity index (χ2n) is 12.8. The van der Waals surface area contributed by atoms with Gasteiger partial charge in [-0.25, -0.2) is 14.4 Å². The Balaban J connectivity index is 1.97. The van der Waals surface area contributed by atoms with Gasteiger partial charge in [-0.2, -0.15) is 4.90 Å². The molecule has 11 nitrogen and oxygen atoms in total. The Morgan fingerprint density at radius 3 is 2.07 bits per heavy atom. The van der Waals surface area contributed by atoms with E-state index >= 15 is 0 Å². The van der Waals surface area contributed by atoms with Gasteiger partial charge in [0.2, 0.25) is 5.91 Å². The number of carbonyl (C=O) groups excluding carboxylic acids is 4. The minimum absolute atomic E-state index is 0.00178. The van der Waals surface area contributed by atoms with E-state index in [0.29, 0.717) is 24.3 Å². The monoisotopic (exact) mass is 622 g/mol. The van der Waals surface area contributed by atoms with E-state index in [4.69, 9.17) is 19.9 Å². The Morgan fingerprint density at radius 2 is 1.47 bits per heavy atom. The third-order valence-electron chi connectivity index (χ3n) is 6.65. The lowest BCUT2D eigenvalue weighted by atomic mass is 10.0. The second-order valence-corrected chi connectivity index (χ2v) is 12.8. The number of benzene rings is 2. The third-order valence-corrected chi connectivity index (χ3v) is 6.65. The van der Waals surface area contributed by atoms with Crippen molar-refractivity contribution in [3.8, 4) is 0 Å². The normalized spacial score (nSPS) is 13.0. The number of esters is 1. The van der Waals surface area contributed by atoms with Crippen LogP contribution in [-0.4, -0.2) is 63.8 Å². The number of para-hydroxylation sites is 1. The Labute approximate surface area is 264 Å². The molecule has 3 aromatic rings. The van der Waals surface area contributed by atoms with Crippen LogP contribution in [0.2, 0.25) is 0 Å². The molecular formula is C34H46N4O7. The summed E-state index contributed by atoms with van der Waals surface area (Å²) in [5.74, 6) is -1.40. The van der Waals surface area contributed by atoms with E-state index in [1.165, 1.54) is 0 Å². The maximum absolute atomic E-state index is 14.1. The molecule has 0 saturated carbocycles. The predicted octanol–water partition coefficient (Wildman–Crippen LogP) is 5.61. The molecule has 11 heteroatoms. The molecule has 2 atom stereocenters. The summed E-state index contributed by atoms with van der Waals surface area (Å²) in [5.41, 5.74) is 6.22. The molecule has 0 aliphatic heterocycles. The van der Waals surface area contributed by atoms with Crippen LogP contribution in [0.5, 0.6) is 0 Å². The molecule has 3 rings (SSSR count). The second kappa shape index (κ2) is 15.6. The third kappa shape index (κ3) is 10.9. The smallest absolute Gasteiger partial charge is 0.420 e. The topological polar surface area (TPSA) is 153 Å². The zero-order valence-corrected chi connectivity index (χ0v) is 27.1. The van der Waals surface area contributed by atoms with Crippen molar-refractivity contribution in [2.75, 3.05) is 6.54 Å². The minimum atomic E-state index is -1.35.